The largest absolute Gasteiger partial charge is 0.466 e. The van der Waals surface area contributed by atoms with Gasteiger partial charge in [-0.2, -0.15) is 13.2 Å². The van der Waals surface area contributed by atoms with Crippen LogP contribution >= 0.6 is 0 Å². The number of hydrogen-bond acceptors (Lipinski definition) is 3. The third kappa shape index (κ3) is 5.91. The molecule has 2 N–H and O–H groups in total. The van der Waals surface area contributed by atoms with Crippen molar-refractivity contribution in [3.05, 3.63) is 70.3 Å². The summed E-state index contributed by atoms with van der Waals surface area (Å²) in [5, 5.41) is 0. The Morgan fingerprint density at radius 2 is 1.87 bits per heavy atom. The van der Waals surface area contributed by atoms with Gasteiger partial charge in [-0.15, -0.1) is 0 Å². The first-order valence-corrected chi connectivity index (χ1v) is 9.71. The van der Waals surface area contributed by atoms with Gasteiger partial charge in [0.2, 0.25) is 0 Å². The van der Waals surface area contributed by atoms with Crippen molar-refractivity contribution in [3.8, 4) is 11.1 Å². The van der Waals surface area contributed by atoms with Crippen molar-refractivity contribution in [2.24, 2.45) is 5.73 Å². The van der Waals surface area contributed by atoms with Crippen LogP contribution < -0.4 is 5.73 Å². The van der Waals surface area contributed by atoms with E-state index >= 15 is 0 Å². The Bertz CT molecular complexity index is 983. The van der Waals surface area contributed by atoms with Crippen LogP contribution in [0.4, 0.5) is 22.0 Å². The van der Waals surface area contributed by atoms with Crippen molar-refractivity contribution in [1.82, 2.24) is 0 Å². The van der Waals surface area contributed by atoms with Crippen LogP contribution in [0.1, 0.15) is 48.6 Å². The van der Waals surface area contributed by atoms with E-state index in [1.807, 2.05) is 0 Å². The number of carbonyl (C=O) groups excluding carboxylic acids is 1. The molecule has 0 radical (unpaired) electrons. The number of esters is 1. The highest BCUT2D eigenvalue weighted by molar-refractivity contribution is 5.74. The molecule has 0 aliphatic rings. The van der Waals surface area contributed by atoms with E-state index in [1.165, 1.54) is 18.2 Å². The lowest BCUT2D eigenvalue weighted by Gasteiger charge is -2.20. The molecule has 0 aliphatic carbocycles. The first-order valence-electron chi connectivity index (χ1n) is 9.71. The maximum Gasteiger partial charge on any atom is 0.419 e. The third-order valence-corrected chi connectivity index (χ3v) is 4.74. The zero-order valence-corrected chi connectivity index (χ0v) is 17.4. The fourth-order valence-corrected chi connectivity index (χ4v) is 3.41. The molecule has 0 spiro atoms. The molecule has 0 heterocycles. The number of ether oxygens (including phenoxy) is 1. The molecule has 0 unspecified atom stereocenters. The first kappa shape index (κ1) is 24.5. The first-order chi connectivity index (χ1) is 14.5. The molecule has 3 nitrogen and oxygen atoms in total. The standard InChI is InChI=1S/C23H24F5NO2/c1-4-6-7-14-9-16(24)8-13(3)21(14)15-10-17(19(29)12-20(30)31-5-2)22(25)18(11-15)23(26,27)28/h4,6,8-11,19H,5,7,12,29H2,1-3H3/t19-/m0/s1. The molecule has 168 valence electrons. The topological polar surface area (TPSA) is 52.3 Å². The Balaban J connectivity index is 2.73. The number of aryl methyl sites for hydroxylation is 1. The minimum absolute atomic E-state index is 0.0417. The van der Waals surface area contributed by atoms with Gasteiger partial charge in [-0.3, -0.25) is 4.79 Å². The summed E-state index contributed by atoms with van der Waals surface area (Å²) in [6.07, 6.45) is -1.74. The maximum atomic E-state index is 14.8. The Labute approximate surface area is 177 Å². The van der Waals surface area contributed by atoms with Crippen LogP contribution in [0.25, 0.3) is 11.1 Å². The SMILES string of the molecule is CC=CCc1cc(F)cc(C)c1-c1cc([C@@H](N)CC(=O)OCC)c(F)c(C(F)(F)F)c1. The summed E-state index contributed by atoms with van der Waals surface area (Å²) in [5.74, 6) is -2.82. The van der Waals surface area contributed by atoms with Gasteiger partial charge in [0, 0.05) is 11.6 Å². The highest BCUT2D eigenvalue weighted by Crippen LogP contribution is 2.39. The van der Waals surface area contributed by atoms with Gasteiger partial charge >= 0.3 is 12.1 Å². The molecule has 2 aromatic carbocycles. The second-order valence-corrected chi connectivity index (χ2v) is 7.07. The van der Waals surface area contributed by atoms with Crippen molar-refractivity contribution in [1.29, 1.82) is 0 Å². The fourth-order valence-electron chi connectivity index (χ4n) is 3.41. The van der Waals surface area contributed by atoms with Crippen LogP contribution in [0, 0.1) is 18.6 Å². The number of hydrogen-bond donors (Lipinski definition) is 1. The lowest BCUT2D eigenvalue weighted by atomic mass is 9.89. The minimum Gasteiger partial charge on any atom is -0.466 e. The Morgan fingerprint density at radius 3 is 2.45 bits per heavy atom. The number of allylic oxidation sites excluding steroid dienone is 2. The van der Waals surface area contributed by atoms with Gasteiger partial charge in [-0.1, -0.05) is 12.2 Å². The molecule has 0 fully saturated rings. The summed E-state index contributed by atoms with van der Waals surface area (Å²) in [6, 6.07) is 2.96. The van der Waals surface area contributed by atoms with Crippen molar-refractivity contribution >= 4 is 5.97 Å². The number of carbonyl (C=O) groups is 1. The van der Waals surface area contributed by atoms with Gasteiger partial charge in [0.25, 0.3) is 0 Å². The summed E-state index contributed by atoms with van der Waals surface area (Å²) in [4.78, 5) is 11.7. The van der Waals surface area contributed by atoms with E-state index in [-0.39, 0.29) is 18.6 Å². The molecule has 2 rings (SSSR count). The van der Waals surface area contributed by atoms with E-state index in [2.05, 4.69) is 0 Å². The van der Waals surface area contributed by atoms with Crippen LogP contribution in [0.15, 0.2) is 36.4 Å². The lowest BCUT2D eigenvalue weighted by Crippen LogP contribution is -2.21. The zero-order valence-electron chi connectivity index (χ0n) is 17.4. The highest BCUT2D eigenvalue weighted by atomic mass is 19.4. The van der Waals surface area contributed by atoms with E-state index < -0.39 is 47.4 Å². The van der Waals surface area contributed by atoms with Gasteiger partial charge in [0.15, 0.2) is 0 Å². The molecule has 1 atom stereocenters. The van der Waals surface area contributed by atoms with Gasteiger partial charge in [0.05, 0.1) is 18.6 Å². The highest BCUT2D eigenvalue weighted by Gasteiger charge is 2.37. The van der Waals surface area contributed by atoms with Crippen LogP contribution in [-0.4, -0.2) is 12.6 Å². The van der Waals surface area contributed by atoms with Crippen molar-refractivity contribution in [2.45, 2.75) is 45.8 Å². The number of halogens is 5. The lowest BCUT2D eigenvalue weighted by molar-refractivity contribution is -0.143. The number of rotatable bonds is 7. The van der Waals surface area contributed by atoms with Crippen LogP contribution in [-0.2, 0) is 22.1 Å². The molecule has 31 heavy (non-hydrogen) atoms. The number of benzene rings is 2. The number of nitrogens with two attached hydrogens (primary N) is 1. The van der Waals surface area contributed by atoms with Crippen molar-refractivity contribution in [2.75, 3.05) is 6.61 Å². The molecule has 0 saturated carbocycles. The summed E-state index contributed by atoms with van der Waals surface area (Å²) < 4.78 is 74.3. The monoisotopic (exact) mass is 441 g/mol. The van der Waals surface area contributed by atoms with E-state index in [0.717, 1.165) is 0 Å². The summed E-state index contributed by atoms with van der Waals surface area (Å²) in [5.41, 5.74) is 5.16. The van der Waals surface area contributed by atoms with Gasteiger partial charge in [-0.05, 0) is 73.7 Å². The van der Waals surface area contributed by atoms with Crippen LogP contribution in [0.2, 0.25) is 0 Å². The van der Waals surface area contributed by atoms with Gasteiger partial charge < -0.3 is 10.5 Å². The second-order valence-electron chi connectivity index (χ2n) is 7.07. The van der Waals surface area contributed by atoms with Crippen LogP contribution in [0.3, 0.4) is 0 Å². The van der Waals surface area contributed by atoms with E-state index in [4.69, 9.17) is 10.5 Å². The predicted molar refractivity (Wildman–Crippen MR) is 108 cm³/mol. The molecule has 0 aromatic heterocycles. The molecule has 0 aliphatic heterocycles. The van der Waals surface area contributed by atoms with E-state index in [1.54, 1.807) is 32.9 Å². The minimum atomic E-state index is -4.99. The van der Waals surface area contributed by atoms with Crippen molar-refractivity contribution in [3.63, 3.8) is 0 Å². The maximum absolute atomic E-state index is 14.8. The van der Waals surface area contributed by atoms with E-state index in [9.17, 15) is 26.7 Å². The smallest absolute Gasteiger partial charge is 0.419 e. The number of alkyl halides is 3. The average molecular weight is 441 g/mol. The zero-order chi connectivity index (χ0) is 23.3. The fraction of sp³-hybridized carbons (Fsp3) is 0.348. The third-order valence-electron chi connectivity index (χ3n) is 4.74. The molecular weight excluding hydrogens is 417 g/mol. The Hall–Kier alpha value is -2.74. The summed E-state index contributed by atoms with van der Waals surface area (Å²) in [6.45, 7) is 4.95. The molecule has 0 bridgehead atoms. The predicted octanol–water partition coefficient (Wildman–Crippen LogP) is 6.03. The van der Waals surface area contributed by atoms with Crippen LogP contribution in [0.5, 0.6) is 0 Å². The molecular formula is C23H24F5NO2. The molecule has 0 amide bonds. The quantitative estimate of drug-likeness (QED) is 0.324. The van der Waals surface area contributed by atoms with Crippen molar-refractivity contribution < 1.29 is 31.5 Å². The summed E-state index contributed by atoms with van der Waals surface area (Å²) >= 11 is 0. The average Bonchev–Trinajstić information content (AvgIpc) is 2.65. The second kappa shape index (κ2) is 10.0. The normalized spacial score (nSPS) is 12.9. The Morgan fingerprint density at radius 1 is 1.19 bits per heavy atom. The van der Waals surface area contributed by atoms with E-state index in [0.29, 0.717) is 22.8 Å². The molecule has 0 saturated heterocycles. The summed E-state index contributed by atoms with van der Waals surface area (Å²) in [7, 11) is 0. The Kier molecular flexibility index (Phi) is 7.95. The molecule has 8 heteroatoms. The van der Waals surface area contributed by atoms with Gasteiger partial charge in [-0.25, -0.2) is 8.78 Å². The van der Waals surface area contributed by atoms with Gasteiger partial charge in [0.1, 0.15) is 11.6 Å². The molecule has 2 aromatic rings.